The lowest BCUT2D eigenvalue weighted by Crippen LogP contribution is -2.48. The molecule has 7 heteroatoms. The summed E-state index contributed by atoms with van der Waals surface area (Å²) in [5.41, 5.74) is 2.15. The molecule has 7 nitrogen and oxygen atoms in total. The first kappa shape index (κ1) is 11.1. The van der Waals surface area contributed by atoms with E-state index < -0.39 is 0 Å². The Labute approximate surface area is 104 Å². The Bertz CT molecular complexity index is 586. The van der Waals surface area contributed by atoms with E-state index >= 15 is 0 Å². The summed E-state index contributed by atoms with van der Waals surface area (Å²) in [4.78, 5) is 18.2. The maximum atomic E-state index is 12.3. The predicted octanol–water partition coefficient (Wildman–Crippen LogP) is 0.00802. The van der Waals surface area contributed by atoms with Gasteiger partial charge in [-0.1, -0.05) is 5.21 Å². The molecule has 0 aliphatic carbocycles. The minimum Gasteiger partial charge on any atom is -0.320 e. The highest BCUT2D eigenvalue weighted by atomic mass is 16.2. The molecule has 0 aromatic carbocycles. The van der Waals surface area contributed by atoms with E-state index in [9.17, 15) is 4.79 Å². The van der Waals surface area contributed by atoms with Gasteiger partial charge in [0.25, 0.3) is 0 Å². The summed E-state index contributed by atoms with van der Waals surface area (Å²) < 4.78 is 1.33. The molecular formula is C11H14N6O. The molecule has 1 aliphatic rings. The largest absolute Gasteiger partial charge is 0.346 e. The fourth-order valence-electron chi connectivity index (χ4n) is 2.05. The Kier molecular flexibility index (Phi) is 2.67. The maximum absolute atomic E-state index is 12.3. The van der Waals surface area contributed by atoms with Gasteiger partial charge in [0.15, 0.2) is 0 Å². The number of carbonyl (C=O) groups is 1. The molecule has 18 heavy (non-hydrogen) atoms. The molecule has 3 rings (SSSR count). The van der Waals surface area contributed by atoms with Crippen LogP contribution >= 0.6 is 0 Å². The number of aromatic nitrogens is 4. The van der Waals surface area contributed by atoms with Gasteiger partial charge in [-0.15, -0.1) is 5.10 Å². The first-order valence-corrected chi connectivity index (χ1v) is 5.94. The number of piperazine rings is 1. The third kappa shape index (κ3) is 1.82. The molecule has 1 amide bonds. The van der Waals surface area contributed by atoms with Gasteiger partial charge in [-0.3, -0.25) is 0 Å². The number of amides is 1. The number of fused-ring (bicyclic) bond motifs is 1. The van der Waals surface area contributed by atoms with Gasteiger partial charge < -0.3 is 10.2 Å². The van der Waals surface area contributed by atoms with E-state index in [1.54, 1.807) is 11.1 Å². The fraction of sp³-hybridized carbons (Fsp3) is 0.455. The number of nitrogens with zero attached hydrogens (tertiary/aromatic N) is 5. The van der Waals surface area contributed by atoms with Gasteiger partial charge in [-0.25, -0.2) is 9.78 Å². The molecule has 1 N–H and O–H groups in total. The summed E-state index contributed by atoms with van der Waals surface area (Å²) in [5.74, 6) is 0. The number of hydrogen-bond donors (Lipinski definition) is 1. The summed E-state index contributed by atoms with van der Waals surface area (Å²) in [6, 6.07) is 1.74. The Hall–Kier alpha value is -2.02. The Morgan fingerprint density at radius 2 is 2.17 bits per heavy atom. The van der Waals surface area contributed by atoms with Crippen molar-refractivity contribution in [2.75, 3.05) is 26.2 Å². The van der Waals surface area contributed by atoms with Crippen molar-refractivity contribution < 1.29 is 4.79 Å². The van der Waals surface area contributed by atoms with Crippen molar-refractivity contribution in [3.05, 3.63) is 17.8 Å². The molecule has 1 fully saturated rings. The lowest BCUT2D eigenvalue weighted by atomic mass is 10.3. The first-order valence-electron chi connectivity index (χ1n) is 5.94. The lowest BCUT2D eigenvalue weighted by molar-refractivity contribution is 0.189. The van der Waals surface area contributed by atoms with Crippen molar-refractivity contribution >= 4 is 17.2 Å². The van der Waals surface area contributed by atoms with Gasteiger partial charge >= 0.3 is 6.03 Å². The second-order valence-electron chi connectivity index (χ2n) is 4.38. The number of pyridine rings is 1. The normalized spacial score (nSPS) is 16.2. The molecule has 0 bridgehead atoms. The van der Waals surface area contributed by atoms with Crippen molar-refractivity contribution in [2.45, 2.75) is 6.92 Å². The molecule has 0 radical (unpaired) electrons. The van der Waals surface area contributed by atoms with Crippen molar-refractivity contribution in [3.8, 4) is 0 Å². The van der Waals surface area contributed by atoms with Crippen LogP contribution in [0.4, 0.5) is 4.79 Å². The zero-order valence-corrected chi connectivity index (χ0v) is 10.1. The second-order valence-corrected chi connectivity index (χ2v) is 4.38. The molecule has 2 aromatic heterocycles. The van der Waals surface area contributed by atoms with E-state index in [0.29, 0.717) is 24.3 Å². The molecular weight excluding hydrogens is 232 g/mol. The van der Waals surface area contributed by atoms with Crippen molar-refractivity contribution in [1.82, 2.24) is 30.2 Å². The van der Waals surface area contributed by atoms with E-state index in [1.165, 1.54) is 4.68 Å². The van der Waals surface area contributed by atoms with Crippen LogP contribution < -0.4 is 5.32 Å². The van der Waals surface area contributed by atoms with E-state index in [2.05, 4.69) is 20.6 Å². The average molecular weight is 246 g/mol. The first-order chi connectivity index (χ1) is 8.75. The molecule has 0 atom stereocenters. The molecule has 94 valence electrons. The third-order valence-corrected chi connectivity index (χ3v) is 3.01. The van der Waals surface area contributed by atoms with Gasteiger partial charge in [0.05, 0.1) is 0 Å². The quantitative estimate of drug-likeness (QED) is 0.708. The number of carbonyl (C=O) groups excluding carboxylic acids is 1. The molecule has 0 unspecified atom stereocenters. The monoisotopic (exact) mass is 246 g/mol. The zero-order chi connectivity index (χ0) is 12.5. The van der Waals surface area contributed by atoms with Crippen LogP contribution in [0.15, 0.2) is 12.3 Å². The van der Waals surface area contributed by atoms with Gasteiger partial charge in [0.2, 0.25) is 5.65 Å². The topological polar surface area (TPSA) is 75.9 Å². The van der Waals surface area contributed by atoms with E-state index in [0.717, 1.165) is 18.7 Å². The zero-order valence-electron chi connectivity index (χ0n) is 10.1. The number of aryl methyl sites for hydroxylation is 1. The van der Waals surface area contributed by atoms with Crippen LogP contribution in [0.2, 0.25) is 0 Å². The number of rotatable bonds is 0. The van der Waals surface area contributed by atoms with Crippen molar-refractivity contribution in [2.24, 2.45) is 0 Å². The van der Waals surface area contributed by atoms with Crippen LogP contribution in [0.3, 0.4) is 0 Å². The SMILES string of the molecule is Cc1cnc2nnn(C(=O)N3CCNCC3)c2c1. The van der Waals surface area contributed by atoms with Crippen molar-refractivity contribution in [1.29, 1.82) is 0 Å². The van der Waals surface area contributed by atoms with Crippen LogP contribution in [0.25, 0.3) is 11.2 Å². The maximum Gasteiger partial charge on any atom is 0.346 e. The summed E-state index contributed by atoms with van der Waals surface area (Å²) in [5, 5.41) is 11.0. The predicted molar refractivity (Wildman–Crippen MR) is 65.3 cm³/mol. The van der Waals surface area contributed by atoms with Gasteiger partial charge in [0, 0.05) is 32.4 Å². The highest BCUT2D eigenvalue weighted by Crippen LogP contribution is 2.11. The van der Waals surface area contributed by atoms with E-state index in [4.69, 9.17) is 0 Å². The summed E-state index contributed by atoms with van der Waals surface area (Å²) in [7, 11) is 0. The Morgan fingerprint density at radius 1 is 1.39 bits per heavy atom. The molecule has 2 aromatic rings. The van der Waals surface area contributed by atoms with Crippen molar-refractivity contribution in [3.63, 3.8) is 0 Å². The Morgan fingerprint density at radius 3 is 2.94 bits per heavy atom. The molecule has 1 aliphatic heterocycles. The standard InChI is InChI=1S/C11H14N6O/c1-8-6-9-10(13-7-8)14-15-17(9)11(18)16-4-2-12-3-5-16/h6-7,12H,2-5H2,1H3. The highest BCUT2D eigenvalue weighted by molar-refractivity contribution is 5.86. The molecule has 0 saturated carbocycles. The minimum absolute atomic E-state index is 0.133. The van der Waals surface area contributed by atoms with Gasteiger partial charge in [-0.2, -0.15) is 4.68 Å². The molecule has 3 heterocycles. The minimum atomic E-state index is -0.133. The number of nitrogens with one attached hydrogen (secondary N) is 1. The van der Waals surface area contributed by atoms with Crippen LogP contribution in [0.5, 0.6) is 0 Å². The smallest absolute Gasteiger partial charge is 0.320 e. The fourth-order valence-corrected chi connectivity index (χ4v) is 2.05. The number of hydrogen-bond acceptors (Lipinski definition) is 5. The summed E-state index contributed by atoms with van der Waals surface area (Å²) in [6.45, 7) is 4.95. The summed E-state index contributed by atoms with van der Waals surface area (Å²) >= 11 is 0. The Balaban J connectivity index is 1.98. The highest BCUT2D eigenvalue weighted by Gasteiger charge is 2.21. The van der Waals surface area contributed by atoms with Crippen LogP contribution in [-0.4, -0.2) is 57.1 Å². The summed E-state index contributed by atoms with van der Waals surface area (Å²) in [6.07, 6.45) is 1.72. The third-order valence-electron chi connectivity index (χ3n) is 3.01. The molecule has 0 spiro atoms. The van der Waals surface area contributed by atoms with Crippen LogP contribution in [0.1, 0.15) is 5.56 Å². The second kappa shape index (κ2) is 4.34. The van der Waals surface area contributed by atoms with Crippen LogP contribution in [-0.2, 0) is 0 Å². The van der Waals surface area contributed by atoms with Crippen LogP contribution in [0, 0.1) is 6.92 Å². The van der Waals surface area contributed by atoms with Gasteiger partial charge in [-0.05, 0) is 18.6 Å². The molecule has 1 saturated heterocycles. The van der Waals surface area contributed by atoms with E-state index in [1.807, 2.05) is 13.0 Å². The van der Waals surface area contributed by atoms with E-state index in [-0.39, 0.29) is 6.03 Å². The lowest BCUT2D eigenvalue weighted by Gasteiger charge is -2.26. The van der Waals surface area contributed by atoms with Gasteiger partial charge in [0.1, 0.15) is 5.52 Å². The average Bonchev–Trinajstić information content (AvgIpc) is 2.82.